The summed E-state index contributed by atoms with van der Waals surface area (Å²) in [7, 11) is 0. The van der Waals surface area contributed by atoms with Gasteiger partial charge in [0.2, 0.25) is 5.91 Å². The highest BCUT2D eigenvalue weighted by Crippen LogP contribution is 2.40. The monoisotopic (exact) mass is 362 g/mol. The SMILES string of the molecule is O=C(CCc1c(F)cccc1Cl)N1C2CCC1CC(n1nccn1)C2. The molecule has 2 aliphatic heterocycles. The number of hydrogen-bond acceptors (Lipinski definition) is 3. The molecule has 2 saturated heterocycles. The largest absolute Gasteiger partial charge is 0.337 e. The van der Waals surface area contributed by atoms with Crippen molar-refractivity contribution in [1.29, 1.82) is 0 Å². The average molecular weight is 363 g/mol. The Morgan fingerprint density at radius 2 is 1.84 bits per heavy atom. The van der Waals surface area contributed by atoms with Crippen LogP contribution >= 0.6 is 11.6 Å². The van der Waals surface area contributed by atoms with Gasteiger partial charge in [0.15, 0.2) is 0 Å². The molecule has 7 heteroatoms. The second-order valence-corrected chi connectivity index (χ2v) is 7.27. The summed E-state index contributed by atoms with van der Waals surface area (Å²) in [6.07, 6.45) is 7.83. The molecule has 2 unspecified atom stereocenters. The number of carbonyl (C=O) groups is 1. The van der Waals surface area contributed by atoms with Gasteiger partial charge in [-0.15, -0.1) is 0 Å². The summed E-state index contributed by atoms with van der Waals surface area (Å²) in [5, 5.41) is 8.88. The molecule has 0 aliphatic carbocycles. The summed E-state index contributed by atoms with van der Waals surface area (Å²) >= 11 is 6.06. The maximum absolute atomic E-state index is 13.9. The molecule has 25 heavy (non-hydrogen) atoms. The van der Waals surface area contributed by atoms with Crippen LogP contribution in [0.1, 0.15) is 43.7 Å². The van der Waals surface area contributed by atoms with Gasteiger partial charge in [-0.3, -0.25) is 4.79 Å². The Morgan fingerprint density at radius 3 is 2.48 bits per heavy atom. The van der Waals surface area contributed by atoms with E-state index in [0.717, 1.165) is 25.7 Å². The molecule has 2 atom stereocenters. The highest BCUT2D eigenvalue weighted by molar-refractivity contribution is 6.31. The van der Waals surface area contributed by atoms with Crippen LogP contribution in [0, 0.1) is 5.82 Å². The molecular formula is C18H20ClFN4O. The Hall–Kier alpha value is -1.95. The molecule has 132 valence electrons. The van der Waals surface area contributed by atoms with E-state index in [-0.39, 0.29) is 29.8 Å². The molecule has 5 nitrogen and oxygen atoms in total. The fraction of sp³-hybridized carbons (Fsp3) is 0.500. The molecule has 0 saturated carbocycles. The summed E-state index contributed by atoms with van der Waals surface area (Å²) < 4.78 is 13.9. The Balaban J connectivity index is 1.42. The number of hydrogen-bond donors (Lipinski definition) is 0. The van der Waals surface area contributed by atoms with E-state index >= 15 is 0 Å². The molecule has 4 rings (SSSR count). The van der Waals surface area contributed by atoms with Gasteiger partial charge in [-0.25, -0.2) is 4.39 Å². The van der Waals surface area contributed by atoms with Gasteiger partial charge >= 0.3 is 0 Å². The second-order valence-electron chi connectivity index (χ2n) is 6.86. The lowest BCUT2D eigenvalue weighted by Gasteiger charge is -2.38. The minimum absolute atomic E-state index is 0.0960. The summed E-state index contributed by atoms with van der Waals surface area (Å²) in [5.74, 6) is -0.245. The third-order valence-electron chi connectivity index (χ3n) is 5.41. The zero-order valence-electron chi connectivity index (χ0n) is 13.8. The van der Waals surface area contributed by atoms with Crippen LogP contribution in [0.15, 0.2) is 30.6 Å². The molecule has 2 fully saturated rings. The van der Waals surface area contributed by atoms with Crippen LogP contribution in [0.5, 0.6) is 0 Å². The molecule has 3 heterocycles. The van der Waals surface area contributed by atoms with E-state index < -0.39 is 0 Å². The fourth-order valence-corrected chi connectivity index (χ4v) is 4.55. The van der Waals surface area contributed by atoms with Gasteiger partial charge in [0.1, 0.15) is 5.82 Å². The standard InChI is InChI=1S/C18H20ClFN4O/c19-16-2-1-3-17(20)15(16)6-7-18(25)23-12-4-5-13(23)11-14(10-12)24-21-8-9-22-24/h1-3,8-9,12-14H,4-7,10-11H2. The number of rotatable bonds is 4. The number of fused-ring (bicyclic) bond motifs is 2. The van der Waals surface area contributed by atoms with Gasteiger partial charge in [0, 0.05) is 29.1 Å². The van der Waals surface area contributed by atoms with E-state index in [1.165, 1.54) is 6.07 Å². The Labute approximate surface area is 150 Å². The number of amides is 1. The van der Waals surface area contributed by atoms with Crippen LogP contribution in [0.4, 0.5) is 4.39 Å². The third kappa shape index (κ3) is 3.15. The maximum atomic E-state index is 13.9. The normalized spacial score (nSPS) is 25.4. The van der Waals surface area contributed by atoms with Gasteiger partial charge < -0.3 is 4.90 Å². The molecular weight excluding hydrogens is 343 g/mol. The molecule has 1 aromatic carbocycles. The van der Waals surface area contributed by atoms with Crippen LogP contribution in [0.3, 0.4) is 0 Å². The first-order valence-electron chi connectivity index (χ1n) is 8.73. The summed E-state index contributed by atoms with van der Waals surface area (Å²) in [4.78, 5) is 16.6. The van der Waals surface area contributed by atoms with Crippen molar-refractivity contribution in [2.45, 2.75) is 56.7 Å². The van der Waals surface area contributed by atoms with E-state index in [0.29, 0.717) is 23.4 Å². The van der Waals surface area contributed by atoms with Crippen LogP contribution < -0.4 is 0 Å². The van der Waals surface area contributed by atoms with Gasteiger partial charge in [-0.1, -0.05) is 17.7 Å². The Bertz CT molecular complexity index is 732. The van der Waals surface area contributed by atoms with Gasteiger partial charge in [-0.2, -0.15) is 15.0 Å². The summed E-state index contributed by atoms with van der Waals surface area (Å²) in [5.41, 5.74) is 0.431. The van der Waals surface area contributed by atoms with Gasteiger partial charge in [0.25, 0.3) is 0 Å². The van der Waals surface area contributed by atoms with E-state index in [2.05, 4.69) is 10.2 Å². The molecule has 2 bridgehead atoms. The second kappa shape index (κ2) is 6.75. The highest BCUT2D eigenvalue weighted by Gasteiger charge is 2.43. The lowest BCUT2D eigenvalue weighted by Crippen LogP contribution is -2.47. The van der Waals surface area contributed by atoms with Crippen molar-refractivity contribution in [3.63, 3.8) is 0 Å². The van der Waals surface area contributed by atoms with Crippen molar-refractivity contribution < 1.29 is 9.18 Å². The molecule has 0 N–H and O–H groups in total. The van der Waals surface area contributed by atoms with Gasteiger partial charge in [-0.05, 0) is 44.2 Å². The zero-order chi connectivity index (χ0) is 17.4. The van der Waals surface area contributed by atoms with E-state index in [1.807, 2.05) is 4.90 Å². The summed E-state index contributed by atoms with van der Waals surface area (Å²) in [6.45, 7) is 0. The van der Waals surface area contributed by atoms with Crippen molar-refractivity contribution in [3.05, 3.63) is 47.0 Å². The van der Waals surface area contributed by atoms with Crippen molar-refractivity contribution >= 4 is 17.5 Å². The Kier molecular flexibility index (Phi) is 4.46. The lowest BCUT2D eigenvalue weighted by molar-refractivity contribution is -0.136. The van der Waals surface area contributed by atoms with Crippen molar-refractivity contribution in [3.8, 4) is 0 Å². The number of nitrogens with zero attached hydrogens (tertiary/aromatic N) is 4. The van der Waals surface area contributed by atoms with E-state index in [4.69, 9.17) is 11.6 Å². The first-order chi connectivity index (χ1) is 12.1. The first kappa shape index (κ1) is 16.5. The molecule has 1 aromatic heterocycles. The average Bonchev–Trinajstić information content (AvgIpc) is 3.21. The third-order valence-corrected chi connectivity index (χ3v) is 5.76. The number of halogens is 2. The van der Waals surface area contributed by atoms with Crippen molar-refractivity contribution in [2.75, 3.05) is 0 Å². The topological polar surface area (TPSA) is 51.0 Å². The molecule has 2 aromatic rings. The minimum Gasteiger partial charge on any atom is -0.337 e. The maximum Gasteiger partial charge on any atom is 0.223 e. The molecule has 0 spiro atoms. The van der Waals surface area contributed by atoms with Crippen molar-refractivity contribution in [1.82, 2.24) is 19.9 Å². The van der Waals surface area contributed by atoms with Crippen LogP contribution in [0.25, 0.3) is 0 Å². The number of aromatic nitrogens is 3. The summed E-state index contributed by atoms with van der Waals surface area (Å²) in [6, 6.07) is 5.36. The van der Waals surface area contributed by atoms with Crippen molar-refractivity contribution in [2.24, 2.45) is 0 Å². The number of benzene rings is 1. The Morgan fingerprint density at radius 1 is 1.16 bits per heavy atom. The molecule has 0 radical (unpaired) electrons. The molecule has 1 amide bonds. The molecule has 2 aliphatic rings. The van der Waals surface area contributed by atoms with E-state index in [1.54, 1.807) is 29.3 Å². The lowest BCUT2D eigenvalue weighted by atomic mass is 9.97. The number of piperidine rings is 1. The van der Waals surface area contributed by atoms with Gasteiger partial charge in [0.05, 0.1) is 18.4 Å². The predicted octanol–water partition coefficient (Wildman–Crippen LogP) is 3.40. The smallest absolute Gasteiger partial charge is 0.223 e. The quantitative estimate of drug-likeness (QED) is 0.837. The first-order valence-corrected chi connectivity index (χ1v) is 9.11. The predicted molar refractivity (Wildman–Crippen MR) is 91.7 cm³/mol. The highest BCUT2D eigenvalue weighted by atomic mass is 35.5. The van der Waals surface area contributed by atoms with Crippen LogP contribution in [0.2, 0.25) is 5.02 Å². The minimum atomic E-state index is -0.341. The van der Waals surface area contributed by atoms with Crippen LogP contribution in [-0.4, -0.2) is 37.9 Å². The van der Waals surface area contributed by atoms with E-state index in [9.17, 15) is 9.18 Å². The van der Waals surface area contributed by atoms with Crippen LogP contribution in [-0.2, 0) is 11.2 Å². The number of carbonyl (C=O) groups excluding carboxylic acids is 1. The zero-order valence-corrected chi connectivity index (χ0v) is 14.6. The fourth-order valence-electron chi connectivity index (χ4n) is 4.29.